The predicted octanol–water partition coefficient (Wildman–Crippen LogP) is 4.12. The summed E-state index contributed by atoms with van der Waals surface area (Å²) in [7, 11) is 1.80. The number of carbonyl (C=O) groups excluding carboxylic acids is 1. The van der Waals surface area contributed by atoms with Crippen molar-refractivity contribution in [3.8, 4) is 11.1 Å². The summed E-state index contributed by atoms with van der Waals surface area (Å²) in [5.74, 6) is 1.54. The molecule has 0 aliphatic carbocycles. The summed E-state index contributed by atoms with van der Waals surface area (Å²) >= 11 is 3.44. The number of anilines is 1. The molecule has 0 aliphatic heterocycles. The summed E-state index contributed by atoms with van der Waals surface area (Å²) in [6, 6.07) is 7.18. The van der Waals surface area contributed by atoms with Gasteiger partial charge in [0.2, 0.25) is 5.89 Å². The highest BCUT2D eigenvalue weighted by molar-refractivity contribution is 9.10. The molecule has 3 rings (SSSR count). The van der Waals surface area contributed by atoms with E-state index in [9.17, 15) is 4.79 Å². The fraction of sp³-hybridized carbons (Fsp3) is 0.333. The quantitative estimate of drug-likeness (QED) is 0.631. The molecule has 0 unspecified atom stereocenters. The summed E-state index contributed by atoms with van der Waals surface area (Å²) in [6.45, 7) is 5.57. The van der Waals surface area contributed by atoms with Crippen LogP contribution < -0.4 is 10.6 Å². The Kier molecular flexibility index (Phi) is 5.59. The van der Waals surface area contributed by atoms with Crippen molar-refractivity contribution in [2.24, 2.45) is 7.05 Å². The second kappa shape index (κ2) is 7.91. The zero-order valence-corrected chi connectivity index (χ0v) is 17.2. The SMILES string of the molecule is CC[C@H](NC(=O)Nc1c(-c2ccc(Br)cc2)c(C)nn1C)c1noc(C)n1. The van der Waals surface area contributed by atoms with Crippen LogP contribution in [0.25, 0.3) is 11.1 Å². The van der Waals surface area contributed by atoms with Gasteiger partial charge in [-0.05, 0) is 31.0 Å². The molecule has 2 N–H and O–H groups in total. The van der Waals surface area contributed by atoms with Crippen LogP contribution in [0.3, 0.4) is 0 Å². The van der Waals surface area contributed by atoms with Gasteiger partial charge >= 0.3 is 6.03 Å². The zero-order chi connectivity index (χ0) is 19.6. The average molecular weight is 433 g/mol. The van der Waals surface area contributed by atoms with Crippen LogP contribution in [-0.4, -0.2) is 26.0 Å². The standard InChI is InChI=1S/C18H21BrN6O2/c1-5-14(16-20-11(3)27-24-16)21-18(26)22-17-15(10(2)23-25(17)4)12-6-8-13(19)9-7-12/h6-9,14H,5H2,1-4H3,(H2,21,22,26)/t14-/m0/s1. The van der Waals surface area contributed by atoms with Crippen molar-refractivity contribution in [2.75, 3.05) is 5.32 Å². The molecule has 27 heavy (non-hydrogen) atoms. The third-order valence-electron chi connectivity index (χ3n) is 4.16. The lowest BCUT2D eigenvalue weighted by atomic mass is 10.1. The highest BCUT2D eigenvalue weighted by Gasteiger charge is 2.21. The molecular formula is C18H21BrN6O2. The van der Waals surface area contributed by atoms with Crippen molar-refractivity contribution in [3.05, 3.63) is 46.1 Å². The van der Waals surface area contributed by atoms with Gasteiger partial charge in [-0.1, -0.05) is 40.1 Å². The Morgan fingerprint density at radius 1 is 1.30 bits per heavy atom. The molecule has 2 amide bonds. The van der Waals surface area contributed by atoms with Crippen LogP contribution >= 0.6 is 15.9 Å². The van der Waals surface area contributed by atoms with Crippen LogP contribution in [0.15, 0.2) is 33.3 Å². The van der Waals surface area contributed by atoms with Crippen LogP contribution in [0.5, 0.6) is 0 Å². The van der Waals surface area contributed by atoms with E-state index in [1.54, 1.807) is 18.7 Å². The molecule has 0 saturated carbocycles. The Labute approximate surface area is 165 Å². The van der Waals surface area contributed by atoms with Gasteiger partial charge in [0.05, 0.1) is 11.7 Å². The van der Waals surface area contributed by atoms with Crippen molar-refractivity contribution in [3.63, 3.8) is 0 Å². The third kappa shape index (κ3) is 4.19. The molecule has 0 aliphatic rings. The average Bonchev–Trinajstić information content (AvgIpc) is 3.17. The van der Waals surface area contributed by atoms with Crippen molar-refractivity contribution >= 4 is 27.8 Å². The molecule has 1 atom stereocenters. The molecule has 0 fully saturated rings. The van der Waals surface area contributed by atoms with E-state index in [2.05, 4.69) is 41.8 Å². The minimum absolute atomic E-state index is 0.340. The number of aromatic nitrogens is 4. The Morgan fingerprint density at radius 2 is 2.00 bits per heavy atom. The zero-order valence-electron chi connectivity index (χ0n) is 15.6. The van der Waals surface area contributed by atoms with E-state index in [-0.39, 0.29) is 12.1 Å². The number of nitrogens with zero attached hydrogens (tertiary/aromatic N) is 4. The van der Waals surface area contributed by atoms with Gasteiger partial charge in [0.15, 0.2) is 5.82 Å². The van der Waals surface area contributed by atoms with E-state index in [4.69, 9.17) is 4.52 Å². The number of rotatable bonds is 5. The van der Waals surface area contributed by atoms with Gasteiger partial charge in [0, 0.05) is 24.0 Å². The van der Waals surface area contributed by atoms with Gasteiger partial charge in [-0.3, -0.25) is 10.00 Å². The summed E-state index contributed by atoms with van der Waals surface area (Å²) in [5.41, 5.74) is 2.68. The Morgan fingerprint density at radius 3 is 2.59 bits per heavy atom. The molecule has 142 valence electrons. The van der Waals surface area contributed by atoms with Crippen LogP contribution in [0.4, 0.5) is 10.6 Å². The number of amides is 2. The maximum atomic E-state index is 12.6. The molecule has 0 spiro atoms. The van der Waals surface area contributed by atoms with Crippen molar-refractivity contribution in [1.29, 1.82) is 0 Å². The van der Waals surface area contributed by atoms with Gasteiger partial charge in [-0.2, -0.15) is 10.1 Å². The molecule has 2 aromatic heterocycles. The number of carbonyl (C=O) groups is 1. The van der Waals surface area contributed by atoms with Gasteiger partial charge < -0.3 is 9.84 Å². The Balaban J connectivity index is 1.82. The highest BCUT2D eigenvalue weighted by Crippen LogP contribution is 2.32. The first-order valence-electron chi connectivity index (χ1n) is 8.56. The minimum Gasteiger partial charge on any atom is -0.340 e. The topological polar surface area (TPSA) is 97.9 Å². The third-order valence-corrected chi connectivity index (χ3v) is 4.68. The normalized spacial score (nSPS) is 12.0. The van der Waals surface area contributed by atoms with Gasteiger partial charge in [0.1, 0.15) is 5.82 Å². The number of urea groups is 1. The second-order valence-electron chi connectivity index (χ2n) is 6.17. The molecule has 3 aromatic rings. The number of aryl methyl sites for hydroxylation is 3. The van der Waals surface area contributed by atoms with Crippen molar-refractivity contribution < 1.29 is 9.32 Å². The van der Waals surface area contributed by atoms with Gasteiger partial charge in [-0.25, -0.2) is 4.79 Å². The summed E-state index contributed by atoms with van der Waals surface area (Å²) in [4.78, 5) is 16.8. The molecule has 8 nitrogen and oxygen atoms in total. The molecule has 0 bridgehead atoms. The highest BCUT2D eigenvalue weighted by atomic mass is 79.9. The van der Waals surface area contributed by atoms with E-state index in [1.165, 1.54) is 0 Å². The molecule has 9 heteroatoms. The summed E-state index contributed by atoms with van der Waals surface area (Å²) in [5, 5.41) is 14.1. The monoisotopic (exact) mass is 432 g/mol. The van der Waals surface area contributed by atoms with E-state index in [1.807, 2.05) is 38.1 Å². The van der Waals surface area contributed by atoms with Gasteiger partial charge in [-0.15, -0.1) is 0 Å². The molecule has 1 aromatic carbocycles. The fourth-order valence-corrected chi connectivity index (χ4v) is 3.14. The minimum atomic E-state index is -0.356. The van der Waals surface area contributed by atoms with E-state index >= 15 is 0 Å². The first-order valence-corrected chi connectivity index (χ1v) is 9.35. The molecule has 0 saturated heterocycles. The van der Waals surface area contributed by atoms with E-state index in [0.717, 1.165) is 21.3 Å². The molecule has 0 radical (unpaired) electrons. The first kappa shape index (κ1) is 19.1. The van der Waals surface area contributed by atoms with Crippen molar-refractivity contribution in [2.45, 2.75) is 33.2 Å². The van der Waals surface area contributed by atoms with Crippen LogP contribution in [0.1, 0.15) is 36.8 Å². The smallest absolute Gasteiger partial charge is 0.321 e. The maximum absolute atomic E-state index is 12.6. The van der Waals surface area contributed by atoms with Crippen LogP contribution in [0, 0.1) is 13.8 Å². The largest absolute Gasteiger partial charge is 0.340 e. The lowest BCUT2D eigenvalue weighted by molar-refractivity contribution is 0.247. The van der Waals surface area contributed by atoms with Gasteiger partial charge in [0.25, 0.3) is 0 Å². The second-order valence-corrected chi connectivity index (χ2v) is 7.09. The number of halogens is 1. The Hall–Kier alpha value is -2.68. The van der Waals surface area contributed by atoms with Crippen LogP contribution in [0.2, 0.25) is 0 Å². The fourth-order valence-electron chi connectivity index (χ4n) is 2.87. The van der Waals surface area contributed by atoms with Crippen molar-refractivity contribution in [1.82, 2.24) is 25.2 Å². The lowest BCUT2D eigenvalue weighted by Crippen LogP contribution is -2.33. The van der Waals surface area contributed by atoms with E-state index < -0.39 is 0 Å². The maximum Gasteiger partial charge on any atom is 0.321 e. The summed E-state index contributed by atoms with van der Waals surface area (Å²) in [6.07, 6.45) is 0.635. The Bertz CT molecular complexity index is 947. The molecular weight excluding hydrogens is 412 g/mol. The number of hydrogen-bond acceptors (Lipinski definition) is 5. The number of benzene rings is 1. The molecule has 2 heterocycles. The first-order chi connectivity index (χ1) is 12.9. The van der Waals surface area contributed by atoms with E-state index in [0.29, 0.717) is 24.0 Å². The number of hydrogen-bond donors (Lipinski definition) is 2. The summed E-state index contributed by atoms with van der Waals surface area (Å²) < 4.78 is 7.65. The number of nitrogens with one attached hydrogen (secondary N) is 2. The predicted molar refractivity (Wildman–Crippen MR) is 105 cm³/mol. The lowest BCUT2D eigenvalue weighted by Gasteiger charge is -2.15. The van der Waals surface area contributed by atoms with Crippen LogP contribution in [-0.2, 0) is 7.05 Å².